The van der Waals surface area contributed by atoms with Gasteiger partial charge in [0.1, 0.15) is 4.64 Å². The van der Waals surface area contributed by atoms with Crippen molar-refractivity contribution < 1.29 is 0 Å². The quantitative estimate of drug-likeness (QED) is 0.538. The molecule has 3 N–H and O–H groups in total. The maximum absolute atomic E-state index is 5.55. The molecule has 0 aliphatic carbocycles. The fourth-order valence-corrected chi connectivity index (χ4v) is 0.818. The number of hydrogen-bond acceptors (Lipinski definition) is 2. The number of rotatable bonds is 0. The van der Waals surface area contributed by atoms with Gasteiger partial charge in [0.15, 0.2) is 0 Å². The smallest absolute Gasteiger partial charge is 0.126 e. The fourth-order valence-electron chi connectivity index (χ4n) is 0.589. The number of nitrogens with two attached hydrogens (primary N) is 1. The van der Waals surface area contributed by atoms with Crippen LogP contribution in [0.25, 0.3) is 0 Å². The van der Waals surface area contributed by atoms with Gasteiger partial charge >= 0.3 is 0 Å². The van der Waals surface area contributed by atoms with Crippen LogP contribution in [0.3, 0.4) is 0 Å². The Labute approximate surface area is 58.7 Å². The highest BCUT2D eigenvalue weighted by Crippen LogP contribution is 2.07. The molecule has 0 spiro atoms. The van der Waals surface area contributed by atoms with Crippen molar-refractivity contribution in [1.82, 2.24) is 4.98 Å². The Kier molecular flexibility index (Phi) is 1.53. The molecule has 1 aromatic heterocycles. The molecule has 1 heterocycles. The summed E-state index contributed by atoms with van der Waals surface area (Å²) < 4.78 is 0.620. The predicted octanol–water partition coefficient (Wildman–Crippen LogP) is 1.63. The lowest BCUT2D eigenvalue weighted by molar-refractivity contribution is 1.27. The van der Waals surface area contributed by atoms with Crippen LogP contribution in [0.4, 0.5) is 5.69 Å². The highest BCUT2D eigenvalue weighted by Gasteiger charge is 1.90. The van der Waals surface area contributed by atoms with E-state index in [1.165, 1.54) is 0 Å². The Hall–Kier alpha value is -0.830. The largest absolute Gasteiger partial charge is 0.396 e. The number of aromatic nitrogens is 1. The third-order valence-electron chi connectivity index (χ3n) is 1.22. The first-order chi connectivity index (χ1) is 4.22. The van der Waals surface area contributed by atoms with Gasteiger partial charge in [-0.15, -0.1) is 0 Å². The lowest BCUT2D eigenvalue weighted by Crippen LogP contribution is -1.91. The summed E-state index contributed by atoms with van der Waals surface area (Å²) in [5.41, 5.74) is 7.25. The minimum atomic E-state index is 0.620. The maximum Gasteiger partial charge on any atom is 0.126 e. The van der Waals surface area contributed by atoms with Crippen LogP contribution in [0.2, 0.25) is 0 Å². The average Bonchev–Trinajstić information content (AvgIpc) is 1.83. The van der Waals surface area contributed by atoms with Crippen LogP contribution in [0.15, 0.2) is 12.3 Å². The Morgan fingerprint density at radius 2 is 2.33 bits per heavy atom. The van der Waals surface area contributed by atoms with E-state index < -0.39 is 0 Å². The molecule has 9 heavy (non-hydrogen) atoms. The van der Waals surface area contributed by atoms with Gasteiger partial charge in [-0.25, -0.2) is 0 Å². The first-order valence-electron chi connectivity index (χ1n) is 2.65. The normalized spacial score (nSPS) is 9.44. The molecule has 0 atom stereocenters. The summed E-state index contributed by atoms with van der Waals surface area (Å²) in [5, 5.41) is 0. The number of hydrogen-bond donors (Lipinski definition) is 2. The zero-order valence-corrected chi connectivity index (χ0v) is 5.96. The number of H-pyrrole nitrogens is 1. The fraction of sp³-hybridized carbons (Fsp3) is 0.167. The molecule has 0 aliphatic heterocycles. The van der Waals surface area contributed by atoms with E-state index in [0.29, 0.717) is 10.3 Å². The standard InChI is InChI=1S/C6H8N2S/c1-4-2-3-8-6(9)5(4)7/h2-3H,7H2,1H3,(H,8,9). The molecular formula is C6H8N2S. The van der Waals surface area contributed by atoms with E-state index in [1.54, 1.807) is 6.20 Å². The second kappa shape index (κ2) is 2.19. The van der Waals surface area contributed by atoms with Crippen molar-refractivity contribution in [3.63, 3.8) is 0 Å². The van der Waals surface area contributed by atoms with Crippen LogP contribution < -0.4 is 5.73 Å². The highest BCUT2D eigenvalue weighted by molar-refractivity contribution is 7.71. The van der Waals surface area contributed by atoms with Gasteiger partial charge in [0.25, 0.3) is 0 Å². The van der Waals surface area contributed by atoms with Gasteiger partial charge < -0.3 is 10.7 Å². The topological polar surface area (TPSA) is 41.8 Å². The van der Waals surface area contributed by atoms with Crippen molar-refractivity contribution in [3.8, 4) is 0 Å². The molecule has 0 bridgehead atoms. The van der Waals surface area contributed by atoms with Crippen molar-refractivity contribution in [2.24, 2.45) is 0 Å². The monoisotopic (exact) mass is 140 g/mol. The van der Waals surface area contributed by atoms with Crippen LogP contribution >= 0.6 is 12.2 Å². The molecule has 0 aliphatic rings. The van der Waals surface area contributed by atoms with Gasteiger partial charge in [-0.2, -0.15) is 0 Å². The van der Waals surface area contributed by atoms with E-state index in [1.807, 2.05) is 13.0 Å². The summed E-state index contributed by atoms with van der Waals surface area (Å²) in [4.78, 5) is 2.83. The van der Waals surface area contributed by atoms with Gasteiger partial charge in [-0.1, -0.05) is 12.2 Å². The summed E-state index contributed by atoms with van der Waals surface area (Å²) in [7, 11) is 0. The van der Waals surface area contributed by atoms with E-state index >= 15 is 0 Å². The Morgan fingerprint density at radius 1 is 1.67 bits per heavy atom. The van der Waals surface area contributed by atoms with Gasteiger partial charge in [-0.05, 0) is 18.6 Å². The highest BCUT2D eigenvalue weighted by atomic mass is 32.1. The maximum atomic E-state index is 5.55. The van der Waals surface area contributed by atoms with Crippen molar-refractivity contribution in [1.29, 1.82) is 0 Å². The van der Waals surface area contributed by atoms with Gasteiger partial charge in [0.05, 0.1) is 5.69 Å². The number of aromatic amines is 1. The molecule has 0 unspecified atom stereocenters. The van der Waals surface area contributed by atoms with Crippen molar-refractivity contribution >= 4 is 17.9 Å². The minimum Gasteiger partial charge on any atom is -0.396 e. The van der Waals surface area contributed by atoms with E-state index in [0.717, 1.165) is 5.56 Å². The molecular weight excluding hydrogens is 132 g/mol. The molecule has 0 amide bonds. The van der Waals surface area contributed by atoms with E-state index in [2.05, 4.69) is 4.98 Å². The Bertz CT molecular complexity index is 264. The van der Waals surface area contributed by atoms with Crippen molar-refractivity contribution in [2.45, 2.75) is 6.92 Å². The first-order valence-corrected chi connectivity index (χ1v) is 3.06. The number of nitrogen functional groups attached to an aromatic ring is 1. The third-order valence-corrected chi connectivity index (χ3v) is 1.55. The van der Waals surface area contributed by atoms with Crippen LogP contribution in [0.1, 0.15) is 5.56 Å². The molecule has 0 saturated carbocycles. The zero-order valence-electron chi connectivity index (χ0n) is 5.14. The molecule has 0 aromatic carbocycles. The molecule has 0 saturated heterocycles. The lowest BCUT2D eigenvalue weighted by Gasteiger charge is -1.95. The van der Waals surface area contributed by atoms with E-state index in [4.69, 9.17) is 18.0 Å². The Balaban J connectivity index is 3.43. The Morgan fingerprint density at radius 3 is 2.78 bits per heavy atom. The summed E-state index contributed by atoms with van der Waals surface area (Å²) in [6, 6.07) is 1.89. The molecule has 1 aromatic rings. The third kappa shape index (κ3) is 1.10. The molecule has 3 heteroatoms. The van der Waals surface area contributed by atoms with Crippen molar-refractivity contribution in [2.75, 3.05) is 5.73 Å². The van der Waals surface area contributed by atoms with Gasteiger partial charge in [0.2, 0.25) is 0 Å². The molecule has 48 valence electrons. The van der Waals surface area contributed by atoms with Crippen molar-refractivity contribution in [3.05, 3.63) is 22.5 Å². The molecule has 0 radical (unpaired) electrons. The number of anilines is 1. The minimum absolute atomic E-state index is 0.620. The SMILES string of the molecule is Cc1cc[nH]c(=S)c1N. The predicted molar refractivity (Wildman–Crippen MR) is 40.8 cm³/mol. The summed E-state index contributed by atoms with van der Waals surface area (Å²) in [5.74, 6) is 0. The molecule has 2 nitrogen and oxygen atoms in total. The van der Waals surface area contributed by atoms with Gasteiger partial charge in [0, 0.05) is 6.20 Å². The second-order valence-electron chi connectivity index (χ2n) is 1.90. The number of pyridine rings is 1. The average molecular weight is 140 g/mol. The lowest BCUT2D eigenvalue weighted by atomic mass is 10.3. The second-order valence-corrected chi connectivity index (χ2v) is 2.31. The summed E-state index contributed by atoms with van der Waals surface area (Å²) >= 11 is 4.86. The number of aryl methyl sites for hydroxylation is 1. The first kappa shape index (κ1) is 6.29. The van der Waals surface area contributed by atoms with Crippen LogP contribution in [-0.4, -0.2) is 4.98 Å². The molecule has 0 fully saturated rings. The van der Waals surface area contributed by atoms with Crippen LogP contribution in [0, 0.1) is 11.6 Å². The summed E-state index contributed by atoms with van der Waals surface area (Å²) in [6.45, 7) is 1.93. The van der Waals surface area contributed by atoms with Crippen LogP contribution in [-0.2, 0) is 0 Å². The van der Waals surface area contributed by atoms with Crippen LogP contribution in [0.5, 0.6) is 0 Å². The van der Waals surface area contributed by atoms with Gasteiger partial charge in [-0.3, -0.25) is 0 Å². The summed E-state index contributed by atoms with van der Waals surface area (Å²) in [6.07, 6.45) is 1.79. The molecule has 1 rings (SSSR count). The zero-order chi connectivity index (χ0) is 6.85. The van der Waals surface area contributed by atoms with E-state index in [9.17, 15) is 0 Å². The number of nitrogens with one attached hydrogen (secondary N) is 1. The van der Waals surface area contributed by atoms with E-state index in [-0.39, 0.29) is 0 Å².